The van der Waals surface area contributed by atoms with Crippen molar-refractivity contribution in [2.75, 3.05) is 0 Å². The van der Waals surface area contributed by atoms with Gasteiger partial charge in [-0.3, -0.25) is 0 Å². The zero-order valence-electron chi connectivity index (χ0n) is 5.48. The van der Waals surface area contributed by atoms with E-state index in [-0.39, 0.29) is 5.91 Å². The van der Waals surface area contributed by atoms with Crippen LogP contribution in [0.15, 0.2) is 0 Å². The molecule has 0 unspecified atom stereocenters. The minimum absolute atomic E-state index is 0.00463. The molecule has 0 fully saturated rings. The summed E-state index contributed by atoms with van der Waals surface area (Å²) in [5, 5.41) is 0. The van der Waals surface area contributed by atoms with E-state index in [0.29, 0.717) is 3.11 Å². The number of hydrogen-bond acceptors (Lipinski definition) is 1. The number of carbonyl (C=O) groups excluding carboxylic acids is 1. The normalized spacial score (nSPS) is 7.88. The number of primary amides is 1. The summed E-state index contributed by atoms with van der Waals surface area (Å²) < 4.78 is 0.468. The molecule has 0 atom stereocenters. The number of carbonyl (C=O) groups is 1. The van der Waals surface area contributed by atoms with Crippen molar-refractivity contribution < 1.29 is 39.0 Å². The third kappa shape index (κ3) is 2.89. The molecule has 1 amide bonds. The fourth-order valence-corrected chi connectivity index (χ4v) is 9.88. The van der Waals surface area contributed by atoms with E-state index in [4.69, 9.17) is 5.73 Å². The molecule has 0 saturated heterocycles. The van der Waals surface area contributed by atoms with Gasteiger partial charge < -0.3 is 0 Å². The third-order valence-electron chi connectivity index (χ3n) is 1.39. The molecule has 0 rings (SSSR count). The van der Waals surface area contributed by atoms with Gasteiger partial charge in [0.2, 0.25) is 0 Å². The van der Waals surface area contributed by atoms with Crippen molar-refractivity contribution >= 4 is 5.91 Å². The Morgan fingerprint density at radius 2 is 1.88 bits per heavy atom. The van der Waals surface area contributed by atoms with Crippen LogP contribution in [0.3, 0.4) is 0 Å². The van der Waals surface area contributed by atoms with E-state index in [1.165, 1.54) is 0 Å². The summed E-state index contributed by atoms with van der Waals surface area (Å²) in [6.45, 7) is 0. The molecule has 0 aromatic carbocycles. The molecule has 0 heterocycles. The van der Waals surface area contributed by atoms with Crippen LogP contribution >= 0.6 is 0 Å². The molecule has 2 nitrogen and oxygen atoms in total. The van der Waals surface area contributed by atoms with Crippen LogP contribution in [0.5, 0.6) is 0 Å². The molecular weight excluding hydrogens is 209 g/mol. The van der Waals surface area contributed by atoms with Crippen LogP contribution in [0, 0.1) is 0 Å². The average Bonchev–Trinajstić information content (AvgIpc) is 1.69. The summed E-state index contributed by atoms with van der Waals surface area (Å²) in [4.78, 5) is 10.5. The molecule has 0 bridgehead atoms. The number of amides is 1. The zero-order valence-corrected chi connectivity index (χ0v) is 11.4. The van der Waals surface area contributed by atoms with Gasteiger partial charge in [-0.25, -0.2) is 0 Å². The van der Waals surface area contributed by atoms with Gasteiger partial charge in [0, 0.05) is 0 Å². The standard InChI is InChI=1S/C2H3NO.2CH3.2Zn/c1-2(3)4;;;;/h1H,(H2,3,4);2*1H3;;. The first-order chi connectivity index (χ1) is 3.72. The summed E-state index contributed by atoms with van der Waals surface area (Å²) >= 11 is -0.964. The Balaban J connectivity index is 3.52. The van der Waals surface area contributed by atoms with E-state index >= 15 is 0 Å². The molecule has 40 valence electrons. The molecule has 0 radical (unpaired) electrons. The Hall–Kier alpha value is 0.717. The van der Waals surface area contributed by atoms with Gasteiger partial charge >= 0.3 is 64.8 Å². The quantitative estimate of drug-likeness (QED) is 0.687. The van der Waals surface area contributed by atoms with E-state index in [1.807, 2.05) is 0 Å². The molecular formula is C4H9NOZn2. The van der Waals surface area contributed by atoms with Gasteiger partial charge in [0.1, 0.15) is 0 Å². The maximum atomic E-state index is 10.5. The zero-order chi connectivity index (χ0) is 6.57. The molecule has 4 heteroatoms. The van der Waals surface area contributed by atoms with Crippen molar-refractivity contribution in [3.8, 4) is 0 Å². The summed E-state index contributed by atoms with van der Waals surface area (Å²) in [5.41, 5.74) is 9.52. The summed E-state index contributed by atoms with van der Waals surface area (Å²) in [5.74, 6) is -0.00463. The summed E-state index contributed by atoms with van der Waals surface area (Å²) in [7, 11) is 0. The van der Waals surface area contributed by atoms with Crippen LogP contribution in [-0.4, -0.2) is 5.91 Å². The fourth-order valence-electron chi connectivity index (χ4n) is 0.691. The molecule has 8 heavy (non-hydrogen) atoms. The van der Waals surface area contributed by atoms with Crippen molar-refractivity contribution in [1.29, 1.82) is 0 Å². The predicted octanol–water partition coefficient (Wildman–Crippen LogP) is 0.479. The molecule has 0 aliphatic carbocycles. The summed E-state index contributed by atoms with van der Waals surface area (Å²) in [6, 6.07) is 0. The fraction of sp³-hybridized carbons (Fsp3) is 0.750. The van der Waals surface area contributed by atoms with Crippen LogP contribution < -0.4 is 5.73 Å². The van der Waals surface area contributed by atoms with Crippen LogP contribution in [0.1, 0.15) is 0 Å². The maximum absolute atomic E-state index is 10.5. The van der Waals surface area contributed by atoms with Gasteiger partial charge in [-0.15, -0.1) is 0 Å². The Kier molecular flexibility index (Phi) is 4.99. The monoisotopic (exact) mass is 215 g/mol. The summed E-state index contributed by atoms with van der Waals surface area (Å²) in [6.07, 6.45) is 0. The average molecular weight is 218 g/mol. The van der Waals surface area contributed by atoms with Gasteiger partial charge in [-0.1, -0.05) is 0 Å². The molecule has 0 aliphatic rings. The molecule has 0 aromatic heterocycles. The van der Waals surface area contributed by atoms with Gasteiger partial charge in [0.05, 0.1) is 0 Å². The first kappa shape index (κ1) is 8.72. The second kappa shape index (κ2) is 4.58. The Morgan fingerprint density at radius 3 is 1.88 bits per heavy atom. The van der Waals surface area contributed by atoms with Crippen LogP contribution in [0.4, 0.5) is 0 Å². The van der Waals surface area contributed by atoms with E-state index in [1.54, 1.807) is 0 Å². The van der Waals surface area contributed by atoms with Crippen LogP contribution in [0.25, 0.3) is 0 Å². The van der Waals surface area contributed by atoms with Gasteiger partial charge in [-0.05, 0) is 0 Å². The SMILES string of the molecule is [CH3][Zn][CH]([Zn][CH3])C(N)=O. The van der Waals surface area contributed by atoms with Crippen molar-refractivity contribution in [2.45, 2.75) is 14.1 Å². The third-order valence-corrected chi connectivity index (χ3v) is 19.8. The van der Waals surface area contributed by atoms with E-state index < -0.39 is 34.3 Å². The van der Waals surface area contributed by atoms with Crippen molar-refractivity contribution in [2.24, 2.45) is 5.73 Å². The van der Waals surface area contributed by atoms with Crippen molar-refractivity contribution in [3.05, 3.63) is 0 Å². The first-order valence-electron chi connectivity index (χ1n) is 3.01. The second-order valence-corrected chi connectivity index (χ2v) is 14.6. The number of nitrogens with two attached hydrogens (primary N) is 1. The van der Waals surface area contributed by atoms with E-state index in [2.05, 4.69) is 11.0 Å². The Morgan fingerprint density at radius 1 is 1.50 bits per heavy atom. The Bertz CT molecular complexity index is 82.1. The van der Waals surface area contributed by atoms with E-state index in [0.717, 1.165) is 0 Å². The van der Waals surface area contributed by atoms with Gasteiger partial charge in [0.25, 0.3) is 0 Å². The van der Waals surface area contributed by atoms with Crippen LogP contribution in [-0.2, 0) is 39.0 Å². The minimum atomic E-state index is -0.482. The molecule has 2 N–H and O–H groups in total. The number of rotatable bonds is 3. The topological polar surface area (TPSA) is 43.1 Å². The van der Waals surface area contributed by atoms with Gasteiger partial charge in [-0.2, -0.15) is 0 Å². The number of hydrogen-bond donors (Lipinski definition) is 1. The predicted molar refractivity (Wildman–Crippen MR) is 24.7 cm³/mol. The molecule has 0 saturated carbocycles. The van der Waals surface area contributed by atoms with Crippen LogP contribution in [0.2, 0.25) is 14.1 Å². The van der Waals surface area contributed by atoms with Crippen molar-refractivity contribution in [1.82, 2.24) is 0 Å². The van der Waals surface area contributed by atoms with E-state index in [9.17, 15) is 4.79 Å². The molecule has 0 aromatic rings. The van der Waals surface area contributed by atoms with Crippen molar-refractivity contribution in [3.63, 3.8) is 0 Å². The molecule has 0 spiro atoms. The van der Waals surface area contributed by atoms with Gasteiger partial charge in [0.15, 0.2) is 0 Å². The molecule has 0 aliphatic heterocycles. The Labute approximate surface area is 64.8 Å². The second-order valence-electron chi connectivity index (χ2n) is 1.92. The first-order valence-corrected chi connectivity index (χ1v) is 12.4.